The van der Waals surface area contributed by atoms with Crippen LogP contribution in [0.5, 0.6) is 0 Å². The van der Waals surface area contributed by atoms with Crippen LogP contribution < -0.4 is 0 Å². The molecule has 3 heteroatoms. The summed E-state index contributed by atoms with van der Waals surface area (Å²) in [4.78, 5) is 5.13. The summed E-state index contributed by atoms with van der Waals surface area (Å²) in [5.41, 5.74) is 1.86. The monoisotopic (exact) mass is 229 g/mol. The van der Waals surface area contributed by atoms with Crippen LogP contribution in [0.1, 0.15) is 11.1 Å². The Kier molecular flexibility index (Phi) is 3.86. The Morgan fingerprint density at radius 2 is 1.71 bits per heavy atom. The van der Waals surface area contributed by atoms with Gasteiger partial charge in [0.1, 0.15) is 12.4 Å². The number of benzene rings is 2. The van der Waals surface area contributed by atoms with Crippen molar-refractivity contribution in [2.24, 2.45) is 5.16 Å². The molecule has 86 valence electrons. The lowest BCUT2D eigenvalue weighted by Crippen LogP contribution is -1.87. The van der Waals surface area contributed by atoms with Gasteiger partial charge in [-0.05, 0) is 23.3 Å². The highest BCUT2D eigenvalue weighted by atomic mass is 19.1. The zero-order chi connectivity index (χ0) is 11.9. The minimum absolute atomic E-state index is 0.257. The van der Waals surface area contributed by atoms with E-state index in [-0.39, 0.29) is 5.82 Å². The Bertz CT molecular complexity index is 479. The lowest BCUT2D eigenvalue weighted by Gasteiger charge is -1.98. The van der Waals surface area contributed by atoms with Crippen LogP contribution in [-0.2, 0) is 11.4 Å². The number of halogens is 1. The van der Waals surface area contributed by atoms with E-state index in [1.54, 1.807) is 18.3 Å². The number of hydrogen-bond acceptors (Lipinski definition) is 2. The summed E-state index contributed by atoms with van der Waals surface area (Å²) >= 11 is 0. The van der Waals surface area contributed by atoms with Gasteiger partial charge in [-0.25, -0.2) is 4.39 Å². The van der Waals surface area contributed by atoms with Crippen LogP contribution >= 0.6 is 0 Å². The molecule has 0 aliphatic heterocycles. The first-order chi connectivity index (χ1) is 8.34. The molecule has 0 saturated carbocycles. The van der Waals surface area contributed by atoms with E-state index in [4.69, 9.17) is 4.84 Å². The first-order valence-electron chi connectivity index (χ1n) is 5.29. The molecule has 2 nitrogen and oxygen atoms in total. The minimum Gasteiger partial charge on any atom is -0.391 e. The summed E-state index contributed by atoms with van der Waals surface area (Å²) in [5, 5.41) is 3.82. The Labute approximate surface area is 99.3 Å². The SMILES string of the molecule is Fc1ccc(/C=N\OCc2ccccc2)cc1. The van der Waals surface area contributed by atoms with Gasteiger partial charge in [0, 0.05) is 0 Å². The van der Waals surface area contributed by atoms with Crippen LogP contribution in [0.4, 0.5) is 4.39 Å². The first kappa shape index (κ1) is 11.3. The van der Waals surface area contributed by atoms with Gasteiger partial charge in [0.15, 0.2) is 0 Å². The molecule has 2 rings (SSSR count). The van der Waals surface area contributed by atoms with Crippen LogP contribution in [-0.4, -0.2) is 6.21 Å². The highest BCUT2D eigenvalue weighted by Crippen LogP contribution is 2.02. The van der Waals surface area contributed by atoms with Crippen molar-refractivity contribution in [1.29, 1.82) is 0 Å². The fraction of sp³-hybridized carbons (Fsp3) is 0.0714. The molecule has 0 bridgehead atoms. The zero-order valence-corrected chi connectivity index (χ0v) is 9.21. The largest absolute Gasteiger partial charge is 0.391 e. The third-order valence-corrected chi connectivity index (χ3v) is 2.22. The third kappa shape index (κ3) is 3.72. The first-order valence-corrected chi connectivity index (χ1v) is 5.29. The fourth-order valence-electron chi connectivity index (χ4n) is 1.33. The topological polar surface area (TPSA) is 21.6 Å². The number of nitrogens with zero attached hydrogens (tertiary/aromatic N) is 1. The van der Waals surface area contributed by atoms with Gasteiger partial charge in [0.25, 0.3) is 0 Å². The van der Waals surface area contributed by atoms with Crippen molar-refractivity contribution in [3.8, 4) is 0 Å². The Morgan fingerprint density at radius 1 is 1.00 bits per heavy atom. The molecule has 0 amide bonds. The summed E-state index contributed by atoms with van der Waals surface area (Å²) in [7, 11) is 0. The van der Waals surface area contributed by atoms with E-state index < -0.39 is 0 Å². The van der Waals surface area contributed by atoms with Gasteiger partial charge < -0.3 is 4.84 Å². The Balaban J connectivity index is 1.84. The molecular formula is C14H12FNO. The Hall–Kier alpha value is -2.16. The molecule has 0 aliphatic carbocycles. The average molecular weight is 229 g/mol. The van der Waals surface area contributed by atoms with Crippen molar-refractivity contribution in [3.63, 3.8) is 0 Å². The maximum atomic E-state index is 12.6. The molecular weight excluding hydrogens is 217 g/mol. The molecule has 17 heavy (non-hydrogen) atoms. The van der Waals surface area contributed by atoms with E-state index in [1.165, 1.54) is 12.1 Å². The lowest BCUT2D eigenvalue weighted by molar-refractivity contribution is 0.132. The van der Waals surface area contributed by atoms with Crippen LogP contribution in [0, 0.1) is 5.82 Å². The maximum absolute atomic E-state index is 12.6. The highest BCUT2D eigenvalue weighted by molar-refractivity contribution is 5.78. The third-order valence-electron chi connectivity index (χ3n) is 2.22. The fourth-order valence-corrected chi connectivity index (χ4v) is 1.33. The molecule has 0 aromatic heterocycles. The predicted octanol–water partition coefficient (Wildman–Crippen LogP) is 3.38. The molecule has 0 saturated heterocycles. The lowest BCUT2D eigenvalue weighted by atomic mass is 10.2. The summed E-state index contributed by atoms with van der Waals surface area (Å²) in [5.74, 6) is -0.257. The Morgan fingerprint density at radius 3 is 2.41 bits per heavy atom. The molecule has 0 atom stereocenters. The molecule has 0 N–H and O–H groups in total. The molecule has 2 aromatic rings. The van der Waals surface area contributed by atoms with Crippen molar-refractivity contribution in [2.45, 2.75) is 6.61 Å². The molecule has 0 heterocycles. The summed E-state index contributed by atoms with van der Waals surface area (Å²) in [6.07, 6.45) is 1.56. The van der Waals surface area contributed by atoms with E-state index in [1.807, 2.05) is 30.3 Å². The van der Waals surface area contributed by atoms with Crippen molar-refractivity contribution in [2.75, 3.05) is 0 Å². The van der Waals surface area contributed by atoms with Crippen molar-refractivity contribution in [3.05, 3.63) is 71.5 Å². The van der Waals surface area contributed by atoms with Crippen molar-refractivity contribution < 1.29 is 9.23 Å². The maximum Gasteiger partial charge on any atom is 0.142 e. The molecule has 0 unspecified atom stereocenters. The number of rotatable bonds is 4. The molecule has 0 fully saturated rings. The normalized spacial score (nSPS) is 10.6. The second-order valence-electron chi connectivity index (χ2n) is 3.55. The zero-order valence-electron chi connectivity index (χ0n) is 9.21. The van der Waals surface area contributed by atoms with Crippen LogP contribution in [0.3, 0.4) is 0 Å². The number of hydrogen-bond donors (Lipinski definition) is 0. The quantitative estimate of drug-likeness (QED) is 0.581. The number of oxime groups is 1. The average Bonchev–Trinajstić information content (AvgIpc) is 2.38. The van der Waals surface area contributed by atoms with Gasteiger partial charge in [-0.2, -0.15) is 0 Å². The molecule has 0 aliphatic rings. The summed E-state index contributed by atoms with van der Waals surface area (Å²) < 4.78 is 12.6. The summed E-state index contributed by atoms with van der Waals surface area (Å²) in [6.45, 7) is 0.429. The van der Waals surface area contributed by atoms with Gasteiger partial charge in [-0.3, -0.25) is 0 Å². The van der Waals surface area contributed by atoms with E-state index in [2.05, 4.69) is 5.16 Å². The van der Waals surface area contributed by atoms with Crippen LogP contribution in [0.15, 0.2) is 59.8 Å². The van der Waals surface area contributed by atoms with Gasteiger partial charge in [-0.1, -0.05) is 47.6 Å². The highest BCUT2D eigenvalue weighted by Gasteiger charge is 1.91. The van der Waals surface area contributed by atoms with E-state index in [0.717, 1.165) is 11.1 Å². The molecule has 2 aromatic carbocycles. The van der Waals surface area contributed by atoms with Crippen molar-refractivity contribution in [1.82, 2.24) is 0 Å². The van der Waals surface area contributed by atoms with Crippen molar-refractivity contribution >= 4 is 6.21 Å². The van der Waals surface area contributed by atoms with E-state index in [9.17, 15) is 4.39 Å². The second-order valence-corrected chi connectivity index (χ2v) is 3.55. The smallest absolute Gasteiger partial charge is 0.142 e. The standard InChI is InChI=1S/C14H12FNO/c15-14-8-6-12(7-9-14)10-16-17-11-13-4-2-1-3-5-13/h1-10H,11H2/b16-10-. The molecule has 0 radical (unpaired) electrons. The van der Waals surface area contributed by atoms with Crippen LogP contribution in [0.2, 0.25) is 0 Å². The van der Waals surface area contributed by atoms with Gasteiger partial charge >= 0.3 is 0 Å². The van der Waals surface area contributed by atoms with Gasteiger partial charge in [0.2, 0.25) is 0 Å². The van der Waals surface area contributed by atoms with E-state index >= 15 is 0 Å². The van der Waals surface area contributed by atoms with E-state index in [0.29, 0.717) is 6.61 Å². The van der Waals surface area contributed by atoms with Gasteiger partial charge in [0.05, 0.1) is 6.21 Å². The van der Waals surface area contributed by atoms with Gasteiger partial charge in [-0.15, -0.1) is 0 Å². The van der Waals surface area contributed by atoms with Crippen LogP contribution in [0.25, 0.3) is 0 Å². The predicted molar refractivity (Wildman–Crippen MR) is 65.2 cm³/mol. The minimum atomic E-state index is -0.257. The molecule has 0 spiro atoms. The second kappa shape index (κ2) is 5.80. The summed E-state index contributed by atoms with van der Waals surface area (Å²) in [6, 6.07) is 15.8.